The lowest BCUT2D eigenvalue weighted by atomic mass is 10.1. The molecule has 1 unspecified atom stereocenters. The number of rotatable bonds is 11. The highest BCUT2D eigenvalue weighted by Crippen LogP contribution is 2.36. The zero-order valence-electron chi connectivity index (χ0n) is 22.4. The van der Waals surface area contributed by atoms with Crippen LogP contribution in [0.1, 0.15) is 30.1 Å². The monoisotopic (exact) mass is 558 g/mol. The Hall–Kier alpha value is -4.33. The van der Waals surface area contributed by atoms with E-state index in [4.69, 9.17) is 18.9 Å². The molecule has 0 saturated carbocycles. The molecule has 40 heavy (non-hydrogen) atoms. The van der Waals surface area contributed by atoms with Gasteiger partial charge < -0.3 is 18.9 Å². The summed E-state index contributed by atoms with van der Waals surface area (Å²) in [7, 11) is 3.13. The van der Waals surface area contributed by atoms with E-state index in [1.54, 1.807) is 56.7 Å². The fourth-order valence-corrected chi connectivity index (χ4v) is 5.41. The first-order valence-corrected chi connectivity index (χ1v) is 13.8. The second-order valence-corrected chi connectivity index (χ2v) is 10.3. The molecule has 2 heterocycles. The summed E-state index contributed by atoms with van der Waals surface area (Å²) in [6.07, 6.45) is 1.52. The number of nitrogens with zero attached hydrogens (tertiary/aromatic N) is 3. The number of ether oxygens (including phenoxy) is 4. The summed E-state index contributed by atoms with van der Waals surface area (Å²) in [5, 5.41) is 12.5. The van der Waals surface area contributed by atoms with Gasteiger partial charge in [0, 0.05) is 24.2 Å². The van der Waals surface area contributed by atoms with Crippen LogP contribution in [0.15, 0.2) is 60.7 Å². The number of anilines is 1. The molecule has 0 aliphatic carbocycles. The van der Waals surface area contributed by atoms with Gasteiger partial charge in [-0.3, -0.25) is 15.0 Å². The number of thiazole rings is 1. The molecule has 4 aromatic rings. The van der Waals surface area contributed by atoms with Crippen LogP contribution >= 0.6 is 11.3 Å². The molecule has 206 valence electrons. The number of amides is 1. The maximum absolute atomic E-state index is 13.5. The number of methoxy groups -OCH3 is 2. The van der Waals surface area contributed by atoms with Gasteiger partial charge in [-0.1, -0.05) is 23.5 Å². The van der Waals surface area contributed by atoms with Crippen LogP contribution in [-0.4, -0.2) is 56.3 Å². The van der Waals surface area contributed by atoms with Crippen LogP contribution in [0, 0.1) is 11.3 Å². The van der Waals surface area contributed by atoms with Gasteiger partial charge in [0.2, 0.25) is 6.10 Å². The average Bonchev–Trinajstić information content (AvgIpc) is 3.65. The summed E-state index contributed by atoms with van der Waals surface area (Å²) in [4.78, 5) is 20.5. The molecule has 0 bridgehead atoms. The number of carbonyl (C=O) groups is 1. The van der Waals surface area contributed by atoms with Gasteiger partial charge in [-0.15, -0.1) is 0 Å². The first kappa shape index (κ1) is 27.2. The van der Waals surface area contributed by atoms with Crippen molar-refractivity contribution in [1.29, 1.82) is 5.26 Å². The van der Waals surface area contributed by atoms with Crippen LogP contribution in [-0.2, 0) is 4.79 Å². The molecule has 1 aliphatic heterocycles. The molecule has 1 amide bonds. The lowest BCUT2D eigenvalue weighted by molar-refractivity contribution is -0.123. The fourth-order valence-electron chi connectivity index (χ4n) is 4.53. The van der Waals surface area contributed by atoms with Crippen molar-refractivity contribution in [2.75, 3.05) is 45.8 Å². The van der Waals surface area contributed by atoms with Gasteiger partial charge in [0.15, 0.2) is 16.6 Å². The third-order valence-electron chi connectivity index (χ3n) is 6.66. The maximum atomic E-state index is 13.5. The number of aromatic nitrogens is 1. The van der Waals surface area contributed by atoms with Gasteiger partial charge in [0.25, 0.3) is 5.91 Å². The van der Waals surface area contributed by atoms with Gasteiger partial charge in [-0.25, -0.2) is 4.98 Å². The van der Waals surface area contributed by atoms with E-state index in [1.165, 1.54) is 24.2 Å². The summed E-state index contributed by atoms with van der Waals surface area (Å²) in [6.45, 7) is 3.80. The lowest BCUT2D eigenvalue weighted by Gasteiger charge is -2.19. The van der Waals surface area contributed by atoms with Gasteiger partial charge in [-0.05, 0) is 62.3 Å². The van der Waals surface area contributed by atoms with Crippen molar-refractivity contribution >= 4 is 32.6 Å². The van der Waals surface area contributed by atoms with E-state index < -0.39 is 12.0 Å². The first-order valence-electron chi connectivity index (χ1n) is 13.0. The minimum Gasteiger partial charge on any atom is -0.493 e. The quantitative estimate of drug-likeness (QED) is 0.260. The molecule has 1 N–H and O–H groups in total. The topological polar surface area (TPSA) is 106 Å². The number of likely N-dealkylation sites (tertiary alicyclic amines) is 1. The largest absolute Gasteiger partial charge is 0.493 e. The van der Waals surface area contributed by atoms with Crippen LogP contribution in [0.5, 0.6) is 23.0 Å². The standard InChI is InChI=1S/C30H30N4O5S/c1-36-25-17-24-27(18-26(25)37-2)40-30(32-24)33-29(35)28(21-7-5-20(19-31)6-8-21)39-23-11-9-22(10-12-23)38-16-15-34-13-3-4-14-34/h5-12,17-18,28H,3-4,13-16H2,1-2H3,(H,32,33,35). The van der Waals surface area contributed by atoms with E-state index in [9.17, 15) is 10.1 Å². The van der Waals surface area contributed by atoms with Gasteiger partial charge >= 0.3 is 0 Å². The van der Waals surface area contributed by atoms with Crippen molar-refractivity contribution in [2.45, 2.75) is 18.9 Å². The zero-order chi connectivity index (χ0) is 27.9. The Bertz CT molecular complexity index is 1450. The minimum atomic E-state index is -0.981. The highest BCUT2D eigenvalue weighted by atomic mass is 32.1. The molecule has 0 spiro atoms. The summed E-state index contributed by atoms with van der Waals surface area (Å²) in [5.41, 5.74) is 1.77. The Balaban J connectivity index is 1.31. The van der Waals surface area contributed by atoms with Crippen molar-refractivity contribution in [3.05, 3.63) is 71.8 Å². The van der Waals surface area contributed by atoms with Gasteiger partial charge in [0.05, 0.1) is 36.1 Å². The summed E-state index contributed by atoms with van der Waals surface area (Å²) < 4.78 is 23.7. The van der Waals surface area contributed by atoms with Crippen LogP contribution in [0.4, 0.5) is 5.13 Å². The molecule has 1 saturated heterocycles. The number of fused-ring (bicyclic) bond motifs is 1. The number of nitriles is 1. The molecular formula is C30H30N4O5S. The van der Waals surface area contributed by atoms with Crippen molar-refractivity contribution in [3.8, 4) is 29.1 Å². The van der Waals surface area contributed by atoms with Crippen molar-refractivity contribution in [2.24, 2.45) is 0 Å². The number of carbonyl (C=O) groups excluding carboxylic acids is 1. The molecule has 3 aromatic carbocycles. The Morgan fingerprint density at radius 3 is 2.38 bits per heavy atom. The maximum Gasteiger partial charge on any atom is 0.271 e. The van der Waals surface area contributed by atoms with Crippen LogP contribution < -0.4 is 24.3 Å². The molecule has 1 aromatic heterocycles. The highest BCUT2D eigenvalue weighted by Gasteiger charge is 2.25. The van der Waals surface area contributed by atoms with E-state index >= 15 is 0 Å². The normalized spacial score (nSPS) is 13.9. The van der Waals surface area contributed by atoms with E-state index in [1.807, 2.05) is 18.2 Å². The molecule has 0 radical (unpaired) electrons. The van der Waals surface area contributed by atoms with Crippen LogP contribution in [0.3, 0.4) is 0 Å². The predicted octanol–water partition coefficient (Wildman–Crippen LogP) is 5.42. The molecule has 10 heteroatoms. The van der Waals surface area contributed by atoms with E-state index in [2.05, 4.69) is 21.3 Å². The Morgan fingerprint density at radius 2 is 1.70 bits per heavy atom. The summed E-state index contributed by atoms with van der Waals surface area (Å²) >= 11 is 1.32. The van der Waals surface area contributed by atoms with E-state index in [0.717, 1.165) is 30.1 Å². The van der Waals surface area contributed by atoms with Crippen molar-refractivity contribution in [3.63, 3.8) is 0 Å². The van der Waals surface area contributed by atoms with Crippen LogP contribution in [0.25, 0.3) is 10.2 Å². The number of benzene rings is 3. The molecule has 1 fully saturated rings. The van der Waals surface area contributed by atoms with Gasteiger partial charge in [-0.2, -0.15) is 5.26 Å². The van der Waals surface area contributed by atoms with Crippen molar-refractivity contribution in [1.82, 2.24) is 9.88 Å². The third kappa shape index (κ3) is 6.45. The predicted molar refractivity (Wildman–Crippen MR) is 153 cm³/mol. The third-order valence-corrected chi connectivity index (χ3v) is 7.59. The van der Waals surface area contributed by atoms with Gasteiger partial charge in [0.1, 0.15) is 18.1 Å². The minimum absolute atomic E-state index is 0.395. The number of hydrogen-bond acceptors (Lipinski definition) is 9. The molecule has 9 nitrogen and oxygen atoms in total. The molecule has 5 rings (SSSR count). The van der Waals surface area contributed by atoms with Crippen LogP contribution in [0.2, 0.25) is 0 Å². The lowest BCUT2D eigenvalue weighted by Crippen LogP contribution is -2.25. The smallest absolute Gasteiger partial charge is 0.271 e. The Morgan fingerprint density at radius 1 is 1.02 bits per heavy atom. The molecule has 1 aliphatic rings. The first-order chi connectivity index (χ1) is 19.6. The highest BCUT2D eigenvalue weighted by molar-refractivity contribution is 7.22. The average molecular weight is 559 g/mol. The summed E-state index contributed by atoms with van der Waals surface area (Å²) in [5.74, 6) is 1.99. The second-order valence-electron chi connectivity index (χ2n) is 9.28. The molecular weight excluding hydrogens is 528 g/mol. The van der Waals surface area contributed by atoms with E-state index in [-0.39, 0.29) is 0 Å². The van der Waals surface area contributed by atoms with E-state index in [0.29, 0.717) is 45.6 Å². The second kappa shape index (κ2) is 12.7. The number of nitrogens with one attached hydrogen (secondary N) is 1. The Labute approximate surface area is 236 Å². The zero-order valence-corrected chi connectivity index (χ0v) is 23.2. The molecule has 1 atom stereocenters. The number of hydrogen-bond donors (Lipinski definition) is 1. The summed E-state index contributed by atoms with van der Waals surface area (Å²) in [6, 6.07) is 19.7. The SMILES string of the molecule is COc1cc2nc(NC(=O)C(Oc3ccc(OCCN4CCCC4)cc3)c3ccc(C#N)cc3)sc2cc1OC. The Kier molecular flexibility index (Phi) is 8.64. The van der Waals surface area contributed by atoms with Crippen molar-refractivity contribution < 1.29 is 23.7 Å². The fraction of sp³-hybridized carbons (Fsp3) is 0.300.